The molecule has 0 spiro atoms. The lowest BCUT2D eigenvalue weighted by Gasteiger charge is -2.25. The van der Waals surface area contributed by atoms with Gasteiger partial charge in [0.1, 0.15) is 0 Å². The van der Waals surface area contributed by atoms with E-state index in [1.165, 1.54) is 10.6 Å². The number of rotatable bonds is 6. The number of anilines is 2. The minimum Gasteiger partial charge on any atom is -0.379 e. The van der Waals surface area contributed by atoms with E-state index in [9.17, 15) is 19.2 Å². The standard InChI is InChI=1S/C23H25N5O5/c1-2-28-19-8-3-15(13-18(19)26-22(31)23(28)32)21(30)25-17-6-4-16(5-7-17)24-20(29)14-27-9-11-33-12-10-27/h3-8,13H,2,9-12,14H2,1H3,(H,24,29)(H,25,30)(H,26,31). The molecule has 0 atom stereocenters. The molecule has 0 radical (unpaired) electrons. The number of ether oxygens (including phenoxy) is 1. The number of morpholine rings is 1. The number of nitrogens with one attached hydrogen (secondary N) is 3. The summed E-state index contributed by atoms with van der Waals surface area (Å²) in [4.78, 5) is 53.3. The van der Waals surface area contributed by atoms with Crippen molar-refractivity contribution in [1.29, 1.82) is 0 Å². The zero-order valence-electron chi connectivity index (χ0n) is 18.2. The van der Waals surface area contributed by atoms with Crippen LogP contribution in [0.1, 0.15) is 17.3 Å². The molecule has 1 aliphatic heterocycles. The van der Waals surface area contributed by atoms with Crippen LogP contribution in [0.2, 0.25) is 0 Å². The van der Waals surface area contributed by atoms with Crippen LogP contribution in [-0.2, 0) is 16.1 Å². The maximum absolute atomic E-state index is 12.7. The second-order valence-electron chi connectivity index (χ2n) is 7.70. The molecular weight excluding hydrogens is 426 g/mol. The van der Waals surface area contributed by atoms with Crippen molar-refractivity contribution in [2.45, 2.75) is 13.5 Å². The van der Waals surface area contributed by atoms with Crippen molar-refractivity contribution in [2.24, 2.45) is 0 Å². The highest BCUT2D eigenvalue weighted by molar-refractivity contribution is 6.06. The van der Waals surface area contributed by atoms with Gasteiger partial charge >= 0.3 is 11.1 Å². The van der Waals surface area contributed by atoms with E-state index in [0.29, 0.717) is 54.3 Å². The predicted molar refractivity (Wildman–Crippen MR) is 125 cm³/mol. The maximum Gasteiger partial charge on any atom is 0.316 e. The zero-order chi connectivity index (χ0) is 23.4. The average molecular weight is 451 g/mol. The van der Waals surface area contributed by atoms with Crippen molar-refractivity contribution in [3.63, 3.8) is 0 Å². The SMILES string of the molecule is CCn1c(=O)c(=O)[nH]c2cc(C(=O)Nc3ccc(NC(=O)CN4CCOCC4)cc3)ccc21. The first-order valence-corrected chi connectivity index (χ1v) is 10.7. The van der Waals surface area contributed by atoms with Gasteiger partial charge in [0.05, 0.1) is 30.8 Å². The lowest BCUT2D eigenvalue weighted by molar-refractivity contribution is -0.118. The first kappa shape index (κ1) is 22.4. The molecule has 3 aromatic rings. The second-order valence-corrected chi connectivity index (χ2v) is 7.70. The Labute approximate surface area is 189 Å². The van der Waals surface area contributed by atoms with Crippen molar-refractivity contribution in [3.05, 3.63) is 68.7 Å². The molecule has 1 aromatic heterocycles. The molecule has 10 nitrogen and oxygen atoms in total. The lowest BCUT2D eigenvalue weighted by atomic mass is 10.1. The number of aryl methyl sites for hydroxylation is 1. The van der Waals surface area contributed by atoms with E-state index in [-0.39, 0.29) is 11.8 Å². The van der Waals surface area contributed by atoms with E-state index in [1.807, 2.05) is 4.90 Å². The molecule has 2 amide bonds. The van der Waals surface area contributed by atoms with Gasteiger partial charge in [0.25, 0.3) is 5.91 Å². The van der Waals surface area contributed by atoms with Gasteiger partial charge in [0, 0.05) is 36.6 Å². The van der Waals surface area contributed by atoms with Crippen molar-refractivity contribution in [1.82, 2.24) is 14.5 Å². The smallest absolute Gasteiger partial charge is 0.316 e. The van der Waals surface area contributed by atoms with Gasteiger partial charge in [-0.05, 0) is 49.4 Å². The molecule has 4 rings (SSSR count). The van der Waals surface area contributed by atoms with Gasteiger partial charge in [-0.15, -0.1) is 0 Å². The summed E-state index contributed by atoms with van der Waals surface area (Å²) in [5, 5.41) is 5.64. The molecule has 0 bridgehead atoms. The normalized spacial score (nSPS) is 14.2. The van der Waals surface area contributed by atoms with Gasteiger partial charge in [-0.1, -0.05) is 0 Å². The highest BCUT2D eigenvalue weighted by atomic mass is 16.5. The van der Waals surface area contributed by atoms with Crippen molar-refractivity contribution < 1.29 is 14.3 Å². The number of aromatic nitrogens is 2. The van der Waals surface area contributed by atoms with Crippen LogP contribution in [0.4, 0.5) is 11.4 Å². The summed E-state index contributed by atoms with van der Waals surface area (Å²) in [6.07, 6.45) is 0. The predicted octanol–water partition coefficient (Wildman–Crippen LogP) is 1.23. The Hall–Kier alpha value is -3.76. The molecule has 0 aliphatic carbocycles. The van der Waals surface area contributed by atoms with Crippen LogP contribution in [-0.4, -0.2) is 59.1 Å². The van der Waals surface area contributed by atoms with E-state index in [1.54, 1.807) is 43.3 Å². The summed E-state index contributed by atoms with van der Waals surface area (Å²) in [6.45, 7) is 5.16. The van der Waals surface area contributed by atoms with E-state index < -0.39 is 11.1 Å². The Bertz CT molecular complexity index is 1290. The van der Waals surface area contributed by atoms with Crippen LogP contribution in [0.3, 0.4) is 0 Å². The van der Waals surface area contributed by atoms with Gasteiger partial charge < -0.3 is 24.9 Å². The second kappa shape index (κ2) is 9.80. The summed E-state index contributed by atoms with van der Waals surface area (Å²) >= 11 is 0. The minimum atomic E-state index is -0.729. The van der Waals surface area contributed by atoms with E-state index in [2.05, 4.69) is 15.6 Å². The molecule has 1 fully saturated rings. The molecule has 1 saturated heterocycles. The molecular formula is C23H25N5O5. The number of carbonyl (C=O) groups excluding carboxylic acids is 2. The Kier molecular flexibility index (Phi) is 6.66. The topological polar surface area (TPSA) is 126 Å². The van der Waals surface area contributed by atoms with Crippen LogP contribution in [0, 0.1) is 0 Å². The monoisotopic (exact) mass is 451 g/mol. The molecule has 0 unspecified atom stereocenters. The molecule has 0 saturated carbocycles. The van der Waals surface area contributed by atoms with Crippen molar-refractivity contribution >= 4 is 34.2 Å². The number of hydrogen-bond acceptors (Lipinski definition) is 6. The molecule has 2 aromatic carbocycles. The first-order chi connectivity index (χ1) is 15.9. The maximum atomic E-state index is 12.7. The zero-order valence-corrected chi connectivity index (χ0v) is 18.2. The number of amides is 2. The fourth-order valence-corrected chi connectivity index (χ4v) is 3.74. The number of carbonyl (C=O) groups is 2. The highest BCUT2D eigenvalue weighted by Gasteiger charge is 2.15. The molecule has 2 heterocycles. The third-order valence-electron chi connectivity index (χ3n) is 5.45. The largest absolute Gasteiger partial charge is 0.379 e. The molecule has 172 valence electrons. The Morgan fingerprint density at radius 2 is 1.67 bits per heavy atom. The van der Waals surface area contributed by atoms with Crippen LogP contribution in [0.5, 0.6) is 0 Å². The lowest BCUT2D eigenvalue weighted by Crippen LogP contribution is -2.41. The number of benzene rings is 2. The summed E-state index contributed by atoms with van der Waals surface area (Å²) in [6, 6.07) is 11.6. The fraction of sp³-hybridized carbons (Fsp3) is 0.304. The number of fused-ring (bicyclic) bond motifs is 1. The van der Waals surface area contributed by atoms with Crippen molar-refractivity contribution in [3.8, 4) is 0 Å². The highest BCUT2D eigenvalue weighted by Crippen LogP contribution is 2.17. The molecule has 33 heavy (non-hydrogen) atoms. The summed E-state index contributed by atoms with van der Waals surface area (Å²) < 4.78 is 6.64. The average Bonchev–Trinajstić information content (AvgIpc) is 2.81. The number of aromatic amines is 1. The fourth-order valence-electron chi connectivity index (χ4n) is 3.74. The van der Waals surface area contributed by atoms with Gasteiger partial charge in [-0.3, -0.25) is 24.1 Å². The summed E-state index contributed by atoms with van der Waals surface area (Å²) in [7, 11) is 0. The quantitative estimate of drug-likeness (QED) is 0.484. The van der Waals surface area contributed by atoms with Crippen molar-refractivity contribution in [2.75, 3.05) is 43.5 Å². The Morgan fingerprint density at radius 3 is 2.33 bits per heavy atom. The minimum absolute atomic E-state index is 0.107. The summed E-state index contributed by atoms with van der Waals surface area (Å²) in [5.74, 6) is -0.472. The van der Waals surface area contributed by atoms with Gasteiger partial charge in [-0.25, -0.2) is 0 Å². The number of hydrogen-bond donors (Lipinski definition) is 3. The van der Waals surface area contributed by atoms with Crippen LogP contribution < -0.4 is 21.8 Å². The Balaban J connectivity index is 1.41. The number of H-pyrrole nitrogens is 1. The van der Waals surface area contributed by atoms with Gasteiger partial charge in [0.2, 0.25) is 5.91 Å². The third-order valence-corrected chi connectivity index (χ3v) is 5.45. The first-order valence-electron chi connectivity index (χ1n) is 10.7. The van der Waals surface area contributed by atoms with E-state index >= 15 is 0 Å². The van der Waals surface area contributed by atoms with E-state index in [4.69, 9.17) is 4.74 Å². The molecule has 1 aliphatic rings. The molecule has 3 N–H and O–H groups in total. The van der Waals surface area contributed by atoms with Crippen LogP contribution in [0.15, 0.2) is 52.1 Å². The third kappa shape index (κ3) is 5.18. The van der Waals surface area contributed by atoms with Gasteiger partial charge in [0.15, 0.2) is 0 Å². The van der Waals surface area contributed by atoms with E-state index in [0.717, 1.165) is 13.1 Å². The van der Waals surface area contributed by atoms with Gasteiger partial charge in [-0.2, -0.15) is 0 Å². The van der Waals surface area contributed by atoms with Crippen LogP contribution in [0.25, 0.3) is 11.0 Å². The molecule has 10 heteroatoms. The summed E-state index contributed by atoms with van der Waals surface area (Å²) in [5.41, 5.74) is 1.13. The van der Waals surface area contributed by atoms with Crippen LogP contribution >= 0.6 is 0 Å². The Morgan fingerprint density at radius 1 is 1.00 bits per heavy atom. The number of nitrogens with zero attached hydrogens (tertiary/aromatic N) is 2.